The van der Waals surface area contributed by atoms with E-state index in [1.807, 2.05) is 0 Å². The molecule has 1 amide bonds. The van der Waals surface area contributed by atoms with E-state index in [2.05, 4.69) is 5.32 Å². The number of benzene rings is 1. The standard InChI is InChI=1S/C15H18N2O7/c1-23-12-3-2-10(8-11(12)17(21)22)13(18)16-9-15(14(19)20)4-6-24-7-5-15/h2-3,8H,4-7,9H2,1H3,(H,16,18)(H,19,20). The van der Waals surface area contributed by atoms with Gasteiger partial charge in [0.1, 0.15) is 0 Å². The first-order valence-corrected chi connectivity index (χ1v) is 7.31. The molecule has 24 heavy (non-hydrogen) atoms. The van der Waals surface area contributed by atoms with Crippen molar-refractivity contribution in [3.05, 3.63) is 33.9 Å². The van der Waals surface area contributed by atoms with Gasteiger partial charge in [-0.1, -0.05) is 0 Å². The number of aliphatic carboxylic acids is 1. The predicted molar refractivity (Wildman–Crippen MR) is 82.1 cm³/mol. The van der Waals surface area contributed by atoms with E-state index < -0.39 is 22.2 Å². The number of nitro groups is 1. The largest absolute Gasteiger partial charge is 0.490 e. The van der Waals surface area contributed by atoms with Crippen LogP contribution < -0.4 is 10.1 Å². The Balaban J connectivity index is 2.13. The third-order valence-corrected chi connectivity index (χ3v) is 4.13. The predicted octanol–water partition coefficient (Wildman–Crippen LogP) is 1.21. The van der Waals surface area contributed by atoms with Gasteiger partial charge < -0.3 is 19.9 Å². The summed E-state index contributed by atoms with van der Waals surface area (Å²) in [5.41, 5.74) is -1.34. The van der Waals surface area contributed by atoms with Gasteiger partial charge in [-0.15, -0.1) is 0 Å². The summed E-state index contributed by atoms with van der Waals surface area (Å²) in [6, 6.07) is 3.82. The van der Waals surface area contributed by atoms with Crippen LogP contribution in [0, 0.1) is 15.5 Å². The molecule has 1 aromatic rings. The van der Waals surface area contributed by atoms with Crippen LogP contribution in [0.15, 0.2) is 18.2 Å². The van der Waals surface area contributed by atoms with Crippen LogP contribution in [0.25, 0.3) is 0 Å². The van der Waals surface area contributed by atoms with Gasteiger partial charge in [0.15, 0.2) is 5.75 Å². The molecule has 2 rings (SSSR count). The SMILES string of the molecule is COc1ccc(C(=O)NCC2(C(=O)O)CCOCC2)cc1[N+](=O)[O-]. The Bertz CT molecular complexity index is 653. The van der Waals surface area contributed by atoms with Crippen molar-refractivity contribution in [1.82, 2.24) is 5.32 Å². The van der Waals surface area contributed by atoms with Crippen LogP contribution in [-0.4, -0.2) is 48.8 Å². The maximum atomic E-state index is 12.2. The first-order chi connectivity index (χ1) is 11.4. The summed E-state index contributed by atoms with van der Waals surface area (Å²) in [5, 5.41) is 23.0. The number of hydrogen-bond donors (Lipinski definition) is 2. The van der Waals surface area contributed by atoms with E-state index in [0.717, 1.165) is 6.07 Å². The molecule has 1 heterocycles. The van der Waals surface area contributed by atoms with Crippen molar-refractivity contribution in [3.8, 4) is 5.75 Å². The fourth-order valence-corrected chi connectivity index (χ4v) is 2.55. The lowest BCUT2D eigenvalue weighted by Gasteiger charge is -2.33. The van der Waals surface area contributed by atoms with Gasteiger partial charge in [-0.2, -0.15) is 0 Å². The molecule has 0 saturated carbocycles. The van der Waals surface area contributed by atoms with Gasteiger partial charge in [-0.05, 0) is 25.0 Å². The average Bonchev–Trinajstić information content (AvgIpc) is 2.59. The number of nitrogens with one attached hydrogen (secondary N) is 1. The van der Waals surface area contributed by atoms with Crippen molar-refractivity contribution in [2.45, 2.75) is 12.8 Å². The molecule has 9 heteroatoms. The van der Waals surface area contributed by atoms with Crippen molar-refractivity contribution < 1.29 is 29.1 Å². The quantitative estimate of drug-likeness (QED) is 0.589. The molecule has 0 bridgehead atoms. The van der Waals surface area contributed by atoms with Gasteiger partial charge in [-0.3, -0.25) is 19.7 Å². The number of nitrogens with zero attached hydrogens (tertiary/aromatic N) is 1. The van der Waals surface area contributed by atoms with Gasteiger partial charge in [0.25, 0.3) is 5.91 Å². The van der Waals surface area contributed by atoms with Crippen LogP contribution in [0.5, 0.6) is 5.75 Å². The molecule has 0 unspecified atom stereocenters. The van der Waals surface area contributed by atoms with Crippen molar-refractivity contribution in [1.29, 1.82) is 0 Å². The molecule has 1 aromatic carbocycles. The topological polar surface area (TPSA) is 128 Å². The smallest absolute Gasteiger partial charge is 0.311 e. The highest BCUT2D eigenvalue weighted by molar-refractivity contribution is 5.95. The third-order valence-electron chi connectivity index (χ3n) is 4.13. The summed E-state index contributed by atoms with van der Waals surface area (Å²) in [4.78, 5) is 34.1. The molecule has 0 radical (unpaired) electrons. The Labute approximate surface area is 137 Å². The number of rotatable bonds is 6. The normalized spacial score (nSPS) is 16.2. The zero-order valence-corrected chi connectivity index (χ0v) is 13.1. The summed E-state index contributed by atoms with van der Waals surface area (Å²) in [6.45, 7) is 0.566. The van der Waals surface area contributed by atoms with Gasteiger partial charge in [0.05, 0.1) is 17.4 Å². The van der Waals surface area contributed by atoms with Crippen LogP contribution >= 0.6 is 0 Å². The Hall–Kier alpha value is -2.68. The number of ether oxygens (including phenoxy) is 2. The molecule has 130 valence electrons. The fourth-order valence-electron chi connectivity index (χ4n) is 2.55. The van der Waals surface area contributed by atoms with E-state index in [1.54, 1.807) is 0 Å². The van der Waals surface area contributed by atoms with E-state index in [1.165, 1.54) is 19.2 Å². The Morgan fingerprint density at radius 3 is 2.62 bits per heavy atom. The molecule has 1 fully saturated rings. The molecule has 1 aliphatic heterocycles. The van der Waals surface area contributed by atoms with E-state index in [9.17, 15) is 24.8 Å². The Morgan fingerprint density at radius 2 is 2.08 bits per heavy atom. The summed E-state index contributed by atoms with van der Waals surface area (Å²) < 4.78 is 10.0. The lowest BCUT2D eigenvalue weighted by Crippen LogP contribution is -2.46. The van der Waals surface area contributed by atoms with Gasteiger partial charge in [-0.25, -0.2) is 0 Å². The van der Waals surface area contributed by atoms with E-state index >= 15 is 0 Å². The average molecular weight is 338 g/mol. The van der Waals surface area contributed by atoms with Gasteiger partial charge in [0.2, 0.25) is 0 Å². The van der Waals surface area contributed by atoms with Crippen LogP contribution in [-0.2, 0) is 9.53 Å². The van der Waals surface area contributed by atoms with Crippen LogP contribution in [0.3, 0.4) is 0 Å². The second-order valence-corrected chi connectivity index (χ2v) is 5.52. The minimum Gasteiger partial charge on any atom is -0.490 e. The van der Waals surface area contributed by atoms with Crippen molar-refractivity contribution >= 4 is 17.6 Å². The Kier molecular flexibility index (Phi) is 5.35. The van der Waals surface area contributed by atoms with Crippen molar-refractivity contribution in [2.75, 3.05) is 26.9 Å². The third kappa shape index (κ3) is 3.62. The number of amides is 1. The van der Waals surface area contributed by atoms with E-state index in [-0.39, 0.29) is 23.5 Å². The van der Waals surface area contributed by atoms with Crippen LogP contribution in [0.2, 0.25) is 0 Å². The lowest BCUT2D eigenvalue weighted by molar-refractivity contribution is -0.385. The van der Waals surface area contributed by atoms with E-state index in [0.29, 0.717) is 26.1 Å². The molecular weight excluding hydrogens is 320 g/mol. The minimum absolute atomic E-state index is 0.0444. The number of carboxylic acid groups (broad SMARTS) is 1. The second kappa shape index (κ2) is 7.26. The van der Waals surface area contributed by atoms with Crippen LogP contribution in [0.4, 0.5) is 5.69 Å². The molecule has 9 nitrogen and oxygen atoms in total. The Morgan fingerprint density at radius 1 is 1.42 bits per heavy atom. The number of carbonyl (C=O) groups is 2. The summed E-state index contributed by atoms with van der Waals surface area (Å²) in [7, 11) is 1.30. The molecule has 0 aromatic heterocycles. The summed E-state index contributed by atoms with van der Waals surface area (Å²) in [5.74, 6) is -1.53. The zero-order chi connectivity index (χ0) is 17.7. The van der Waals surface area contributed by atoms with Crippen LogP contribution in [0.1, 0.15) is 23.2 Å². The monoisotopic (exact) mass is 338 g/mol. The number of carbonyl (C=O) groups excluding carboxylic acids is 1. The van der Waals surface area contributed by atoms with Crippen molar-refractivity contribution in [2.24, 2.45) is 5.41 Å². The molecule has 0 spiro atoms. The molecule has 1 saturated heterocycles. The maximum absolute atomic E-state index is 12.2. The molecule has 0 aliphatic carbocycles. The maximum Gasteiger partial charge on any atom is 0.311 e. The lowest BCUT2D eigenvalue weighted by atomic mass is 9.80. The molecule has 2 N–H and O–H groups in total. The minimum atomic E-state index is -1.08. The molecule has 0 atom stereocenters. The zero-order valence-electron chi connectivity index (χ0n) is 13.1. The van der Waals surface area contributed by atoms with Crippen molar-refractivity contribution in [3.63, 3.8) is 0 Å². The highest BCUT2D eigenvalue weighted by Crippen LogP contribution is 2.31. The summed E-state index contributed by atoms with van der Waals surface area (Å²) in [6.07, 6.45) is 0.594. The number of nitro benzene ring substituents is 1. The highest BCUT2D eigenvalue weighted by atomic mass is 16.6. The number of methoxy groups -OCH3 is 1. The molecule has 1 aliphatic rings. The fraction of sp³-hybridized carbons (Fsp3) is 0.467. The number of carboxylic acids is 1. The highest BCUT2D eigenvalue weighted by Gasteiger charge is 2.40. The molecular formula is C15H18N2O7. The van der Waals surface area contributed by atoms with Gasteiger partial charge >= 0.3 is 11.7 Å². The first-order valence-electron chi connectivity index (χ1n) is 7.31. The first kappa shape index (κ1) is 17.7. The second-order valence-electron chi connectivity index (χ2n) is 5.52. The van der Waals surface area contributed by atoms with Gasteiger partial charge in [0, 0.05) is 31.4 Å². The number of hydrogen-bond acceptors (Lipinski definition) is 6. The summed E-state index contributed by atoms with van der Waals surface area (Å²) >= 11 is 0. The van der Waals surface area contributed by atoms with E-state index in [4.69, 9.17) is 9.47 Å².